The normalized spacial score (nSPS) is 18.8. The van der Waals surface area contributed by atoms with Crippen LogP contribution in [0.3, 0.4) is 0 Å². The zero-order valence-electron chi connectivity index (χ0n) is 9.82. The number of hydrogen-bond acceptors (Lipinski definition) is 1. The molecule has 1 atom stereocenters. The second-order valence-corrected chi connectivity index (χ2v) is 3.57. The Morgan fingerprint density at radius 2 is 1.00 bits per heavy atom. The van der Waals surface area contributed by atoms with Crippen molar-refractivity contribution in [2.24, 2.45) is 0 Å². The first-order valence-electron chi connectivity index (χ1n) is 4.57. The van der Waals surface area contributed by atoms with Gasteiger partial charge in [0.15, 0.2) is 0 Å². The van der Waals surface area contributed by atoms with Gasteiger partial charge in [-0.1, -0.05) is 0 Å². The quantitative estimate of drug-likeness (QED) is 0.650. The van der Waals surface area contributed by atoms with E-state index in [1.165, 1.54) is 0 Å². The fourth-order valence-corrected chi connectivity index (χ4v) is 0.941. The Bertz CT molecular complexity index is 444. The van der Waals surface area contributed by atoms with Crippen molar-refractivity contribution in [1.82, 2.24) is 0 Å². The Labute approximate surface area is 112 Å². The van der Waals surface area contributed by atoms with Gasteiger partial charge in [-0.3, -0.25) is 0 Å². The molecule has 0 aromatic carbocycles. The summed E-state index contributed by atoms with van der Waals surface area (Å²) in [5.74, 6) is -29.1. The highest BCUT2D eigenvalue weighted by molar-refractivity contribution is 5.22. The Hall–Kier alpha value is -1.21. The van der Waals surface area contributed by atoms with Gasteiger partial charge in [0.2, 0.25) is 11.7 Å². The van der Waals surface area contributed by atoms with Crippen molar-refractivity contribution < 1.29 is 61.8 Å². The number of halogens is 13. The molecular weight excluding hydrogens is 359 g/mol. The van der Waals surface area contributed by atoms with Crippen LogP contribution in [-0.2, 0) is 4.74 Å². The third kappa shape index (κ3) is 2.96. The molecule has 0 aliphatic rings. The molecule has 0 aromatic rings. The van der Waals surface area contributed by atoms with Gasteiger partial charge in [-0.2, -0.15) is 48.3 Å². The number of ether oxygens (including phenoxy) is 1. The molecule has 0 aliphatic carbocycles. The van der Waals surface area contributed by atoms with Crippen LogP contribution >= 0.6 is 0 Å². The summed E-state index contributed by atoms with van der Waals surface area (Å²) in [7, 11) is -0.432. The van der Waals surface area contributed by atoms with Gasteiger partial charge in [-0.05, 0) is 0 Å². The maximum absolute atomic E-state index is 13.3. The van der Waals surface area contributed by atoms with E-state index in [2.05, 4.69) is 4.74 Å². The largest absolute Gasteiger partial charge is 0.460 e. The van der Waals surface area contributed by atoms with Crippen LogP contribution < -0.4 is 0 Å². The number of hydrogen-bond donors (Lipinski definition) is 0. The smallest absolute Gasteiger partial charge is 0.339 e. The van der Waals surface area contributed by atoms with Crippen LogP contribution in [0.15, 0.2) is 11.7 Å². The average molecular weight is 362 g/mol. The number of methoxy groups -OCH3 is 1. The molecule has 1 unspecified atom stereocenters. The maximum atomic E-state index is 13.3. The van der Waals surface area contributed by atoms with Gasteiger partial charge in [0.25, 0.3) is 0 Å². The van der Waals surface area contributed by atoms with Crippen LogP contribution in [0.25, 0.3) is 0 Å². The van der Waals surface area contributed by atoms with Crippen LogP contribution in [-0.4, -0.2) is 37.2 Å². The molecule has 0 saturated heterocycles. The molecule has 1 nitrogen and oxygen atoms in total. The first-order valence-corrected chi connectivity index (χ1v) is 4.57. The molecule has 0 amide bonds. The van der Waals surface area contributed by atoms with E-state index < -0.39 is 48.8 Å². The van der Waals surface area contributed by atoms with Gasteiger partial charge in [0, 0.05) is 7.11 Å². The molecule has 0 aromatic heterocycles. The van der Waals surface area contributed by atoms with E-state index in [4.69, 9.17) is 0 Å². The summed E-state index contributed by atoms with van der Waals surface area (Å²) < 4.78 is 162. The molecule has 0 bridgehead atoms. The molecule has 0 spiro atoms. The van der Waals surface area contributed by atoms with E-state index in [-0.39, 0.29) is 0 Å². The lowest BCUT2D eigenvalue weighted by atomic mass is 10.1. The predicted molar refractivity (Wildman–Crippen MR) is 42.1 cm³/mol. The third-order valence-corrected chi connectivity index (χ3v) is 2.15. The van der Waals surface area contributed by atoms with Gasteiger partial charge in [0.05, 0.1) is 0 Å². The van der Waals surface area contributed by atoms with Gasteiger partial charge < -0.3 is 4.74 Å². The second-order valence-electron chi connectivity index (χ2n) is 3.57. The van der Waals surface area contributed by atoms with E-state index >= 15 is 0 Å². The second kappa shape index (κ2) is 5.45. The van der Waals surface area contributed by atoms with Crippen LogP contribution in [0.1, 0.15) is 0 Å². The molecule has 0 rings (SSSR count). The zero-order valence-corrected chi connectivity index (χ0v) is 9.82. The van der Waals surface area contributed by atoms with Crippen molar-refractivity contribution >= 4 is 0 Å². The molecule has 0 aliphatic heterocycles. The van der Waals surface area contributed by atoms with Crippen molar-refractivity contribution in [3.8, 4) is 0 Å². The van der Waals surface area contributed by atoms with Crippen LogP contribution in [0.4, 0.5) is 57.1 Å². The summed E-state index contributed by atoms with van der Waals surface area (Å²) in [6.07, 6.45) is -13.9. The van der Waals surface area contributed by atoms with E-state index in [0.29, 0.717) is 0 Å². The zero-order chi connectivity index (χ0) is 18.4. The summed E-state index contributed by atoms with van der Waals surface area (Å²) in [5, 5.41) is 0. The minimum absolute atomic E-state index is 0.432. The van der Waals surface area contributed by atoms with E-state index in [1.807, 2.05) is 0 Å². The SMILES string of the molecule is COC(F)(/C(F)=C(\F)C(F)(F)C(F)(F)F)C(F)(F)C(F)(F)F. The fraction of sp³-hybridized carbons (Fsp3) is 0.750. The lowest BCUT2D eigenvalue weighted by Gasteiger charge is -2.32. The van der Waals surface area contributed by atoms with E-state index in [0.717, 1.165) is 0 Å². The number of rotatable bonds is 4. The van der Waals surface area contributed by atoms with E-state index in [1.54, 1.807) is 0 Å². The highest BCUT2D eigenvalue weighted by atomic mass is 19.4. The topological polar surface area (TPSA) is 9.23 Å². The molecule has 0 saturated carbocycles. The molecular formula is C8H3F13O. The Morgan fingerprint density at radius 1 is 0.636 bits per heavy atom. The maximum Gasteiger partial charge on any atom is 0.460 e. The van der Waals surface area contributed by atoms with Crippen molar-refractivity contribution in [1.29, 1.82) is 0 Å². The molecule has 14 heteroatoms. The van der Waals surface area contributed by atoms with Crippen LogP contribution in [0.2, 0.25) is 0 Å². The molecule has 0 N–H and O–H groups in total. The third-order valence-electron chi connectivity index (χ3n) is 2.15. The van der Waals surface area contributed by atoms with Crippen LogP contribution in [0, 0.1) is 0 Å². The summed E-state index contributed by atoms with van der Waals surface area (Å²) in [6, 6.07) is 0. The summed E-state index contributed by atoms with van der Waals surface area (Å²) in [4.78, 5) is 0. The van der Waals surface area contributed by atoms with Gasteiger partial charge in [0.1, 0.15) is 0 Å². The Kier molecular flexibility index (Phi) is 5.15. The minimum atomic E-state index is -7.00. The van der Waals surface area contributed by atoms with Gasteiger partial charge >= 0.3 is 30.1 Å². The van der Waals surface area contributed by atoms with Crippen LogP contribution in [0.5, 0.6) is 0 Å². The lowest BCUT2D eigenvalue weighted by Crippen LogP contribution is -2.56. The molecule has 0 radical (unpaired) electrons. The highest BCUT2D eigenvalue weighted by Gasteiger charge is 2.76. The first kappa shape index (κ1) is 20.8. The lowest BCUT2D eigenvalue weighted by molar-refractivity contribution is -0.371. The summed E-state index contributed by atoms with van der Waals surface area (Å²) in [6.45, 7) is 0. The molecule has 22 heavy (non-hydrogen) atoms. The Morgan fingerprint density at radius 3 is 1.23 bits per heavy atom. The molecule has 0 heterocycles. The average Bonchev–Trinajstić information content (AvgIpc) is 2.32. The summed E-state index contributed by atoms with van der Waals surface area (Å²) >= 11 is 0. The van der Waals surface area contributed by atoms with Gasteiger partial charge in [-0.15, -0.1) is 0 Å². The molecule has 0 fully saturated rings. The summed E-state index contributed by atoms with van der Waals surface area (Å²) in [5.41, 5.74) is 0. The first-order chi connectivity index (χ1) is 9.38. The number of alkyl halides is 11. The van der Waals surface area contributed by atoms with Crippen molar-refractivity contribution in [2.75, 3.05) is 7.11 Å². The van der Waals surface area contributed by atoms with E-state index in [9.17, 15) is 57.1 Å². The number of allylic oxidation sites excluding steroid dienone is 1. The predicted octanol–water partition coefficient (Wildman–Crippen LogP) is 4.84. The highest BCUT2D eigenvalue weighted by Crippen LogP contribution is 2.53. The Balaban J connectivity index is 6.34. The van der Waals surface area contributed by atoms with Crippen molar-refractivity contribution in [3.63, 3.8) is 0 Å². The minimum Gasteiger partial charge on any atom is -0.339 e. The monoisotopic (exact) mass is 362 g/mol. The standard InChI is InChI=1S/C8H3F13O/c1-22-5(13,6(14,15)8(19,20)21)3(10)2(9)4(11,12)7(16,17)18/h1H3/b3-2+. The van der Waals surface area contributed by atoms with Crippen molar-refractivity contribution in [3.05, 3.63) is 11.7 Å². The molecule has 132 valence electrons. The van der Waals surface area contributed by atoms with Crippen molar-refractivity contribution in [2.45, 2.75) is 30.1 Å². The fourth-order valence-electron chi connectivity index (χ4n) is 0.941. The van der Waals surface area contributed by atoms with Gasteiger partial charge in [-0.25, -0.2) is 8.78 Å².